The van der Waals surface area contributed by atoms with Crippen LogP contribution >= 0.6 is 0 Å². The number of carboxylic acid groups (broad SMARTS) is 2. The zero-order valence-corrected chi connectivity index (χ0v) is 29.0. The summed E-state index contributed by atoms with van der Waals surface area (Å²) in [6.45, 7) is 4.45. The van der Waals surface area contributed by atoms with Crippen LogP contribution in [0, 0.1) is 0 Å². The minimum Gasteiger partial charge on any atom is -0.872 e. The monoisotopic (exact) mass is 622 g/mol. The molecule has 2 aromatic carbocycles. The van der Waals surface area contributed by atoms with Crippen molar-refractivity contribution in [1.29, 1.82) is 0 Å². The van der Waals surface area contributed by atoms with Crippen LogP contribution in [0.2, 0.25) is 0 Å². The molecule has 0 amide bonds. The summed E-state index contributed by atoms with van der Waals surface area (Å²) in [6.07, 6.45) is 23.6. The first-order valence-corrected chi connectivity index (χ1v) is 16.4. The van der Waals surface area contributed by atoms with Crippen LogP contribution in [0.25, 0.3) is 0 Å². The van der Waals surface area contributed by atoms with Crippen LogP contribution in [0.1, 0.15) is 161 Å². The third kappa shape index (κ3) is 20.0. The van der Waals surface area contributed by atoms with E-state index in [0.29, 0.717) is 17.5 Å². The molecule has 0 fully saturated rings. The minimum atomic E-state index is -1.19. The second-order valence-corrected chi connectivity index (χ2v) is 11.4. The van der Waals surface area contributed by atoms with E-state index in [9.17, 15) is 24.9 Å². The van der Waals surface area contributed by atoms with Crippen molar-refractivity contribution in [2.75, 3.05) is 0 Å². The van der Waals surface area contributed by atoms with Crippen LogP contribution in [0.4, 0.5) is 0 Å². The Labute approximate surface area is 290 Å². The van der Waals surface area contributed by atoms with Crippen molar-refractivity contribution in [2.24, 2.45) is 0 Å². The predicted octanol–water partition coefficient (Wildman–Crippen LogP) is 7.98. The number of phenols is 1. The molecule has 2 rings (SSSR count). The van der Waals surface area contributed by atoms with E-state index in [0.717, 1.165) is 37.7 Å². The Kier molecular flexibility index (Phi) is 25.5. The van der Waals surface area contributed by atoms with Crippen molar-refractivity contribution in [3.05, 3.63) is 58.7 Å². The molecular weight excluding hydrogens is 568 g/mol. The number of carbonyl (C=O) groups excluding carboxylic acids is 1. The van der Waals surface area contributed by atoms with Gasteiger partial charge in [-0.15, -0.1) is 5.75 Å². The van der Waals surface area contributed by atoms with Gasteiger partial charge in [0.2, 0.25) is 0 Å². The number of phenolic OH excluding ortho intramolecular Hbond substituents is 1. The summed E-state index contributed by atoms with van der Waals surface area (Å²) < 4.78 is 0. The quantitative estimate of drug-likeness (QED) is 0.101. The van der Waals surface area contributed by atoms with Gasteiger partial charge in [0.15, 0.2) is 0 Å². The zero-order chi connectivity index (χ0) is 31.0. The second kappa shape index (κ2) is 26.6. The van der Waals surface area contributed by atoms with Gasteiger partial charge in [0.1, 0.15) is 5.75 Å². The normalized spacial score (nSPS) is 10.5. The van der Waals surface area contributed by atoms with E-state index in [4.69, 9.17) is 5.11 Å². The molecule has 0 bridgehead atoms. The maximum Gasteiger partial charge on any atom is 2.00 e. The molecule has 0 aliphatic carbocycles. The molecule has 0 saturated heterocycles. The Hall–Kier alpha value is -1.76. The number of hydrogen-bond acceptors (Lipinski definition) is 5. The van der Waals surface area contributed by atoms with Gasteiger partial charge < -0.3 is 25.2 Å². The van der Waals surface area contributed by atoms with Crippen LogP contribution in [0.15, 0.2) is 36.4 Å². The molecule has 0 aliphatic rings. The maximum atomic E-state index is 11.3. The largest absolute Gasteiger partial charge is 2.00 e. The summed E-state index contributed by atoms with van der Waals surface area (Å²) in [5.74, 6) is -2.10. The fraction of sp³-hybridized carbons (Fsp3) is 0.611. The predicted molar refractivity (Wildman–Crippen MR) is 173 cm³/mol. The van der Waals surface area contributed by atoms with Gasteiger partial charge in [0.25, 0.3) is 0 Å². The second-order valence-electron chi connectivity index (χ2n) is 11.4. The van der Waals surface area contributed by atoms with Gasteiger partial charge >= 0.3 is 43.7 Å². The minimum absolute atomic E-state index is 0. The number of carboxylic acids is 2. The fourth-order valence-corrected chi connectivity index (χ4v) is 5.22. The molecule has 2 N–H and O–H groups in total. The molecule has 0 atom stereocenters. The molecule has 7 heteroatoms. The Bertz CT molecular complexity index is 941. The van der Waals surface area contributed by atoms with Gasteiger partial charge in [-0.1, -0.05) is 135 Å². The van der Waals surface area contributed by atoms with Crippen LogP contribution in [0.5, 0.6) is 11.5 Å². The van der Waals surface area contributed by atoms with Crippen molar-refractivity contribution >= 4 is 49.7 Å². The molecule has 0 unspecified atom stereocenters. The summed E-state index contributed by atoms with van der Waals surface area (Å²) in [4.78, 5) is 22.1. The molecule has 0 aromatic heterocycles. The third-order valence-corrected chi connectivity index (χ3v) is 7.72. The Morgan fingerprint density at radius 2 is 1.00 bits per heavy atom. The summed E-state index contributed by atoms with van der Waals surface area (Å²) in [5, 5.41) is 40.9. The number of aromatic hydroxyl groups is 1. The number of aryl methyl sites for hydroxylation is 2. The number of benzene rings is 2. The number of rotatable bonds is 22. The van der Waals surface area contributed by atoms with Crippen molar-refractivity contribution < 1.29 is 30.0 Å². The van der Waals surface area contributed by atoms with Crippen LogP contribution in [0.3, 0.4) is 0 Å². The van der Waals surface area contributed by atoms with Gasteiger partial charge in [0, 0.05) is 5.56 Å². The van der Waals surface area contributed by atoms with Gasteiger partial charge in [-0.2, -0.15) is 0 Å². The third-order valence-electron chi connectivity index (χ3n) is 7.72. The smallest absolute Gasteiger partial charge is 0.872 e. The zero-order valence-electron chi connectivity index (χ0n) is 26.8. The number of unbranched alkanes of at least 4 members (excludes halogenated alkanes) is 16. The van der Waals surface area contributed by atoms with Crippen LogP contribution in [-0.2, 0) is 12.8 Å². The molecule has 0 aliphatic heterocycles. The Morgan fingerprint density at radius 1 is 0.605 bits per heavy atom. The molecule has 0 heterocycles. The van der Waals surface area contributed by atoms with E-state index in [-0.39, 0.29) is 54.8 Å². The first-order valence-electron chi connectivity index (χ1n) is 16.4. The van der Waals surface area contributed by atoms with Gasteiger partial charge in [-0.3, -0.25) is 0 Å². The van der Waals surface area contributed by atoms with Crippen molar-refractivity contribution in [3.63, 3.8) is 0 Å². The molecule has 0 spiro atoms. The fourth-order valence-electron chi connectivity index (χ4n) is 5.22. The van der Waals surface area contributed by atoms with E-state index in [1.54, 1.807) is 6.07 Å². The molecular formula is C36H54CaO6. The summed E-state index contributed by atoms with van der Waals surface area (Å²) in [6, 6.07) is 8.57. The summed E-state index contributed by atoms with van der Waals surface area (Å²) in [7, 11) is 0. The SMILES string of the molecule is CCCCCCCCCCCc1cc(O)ccc1C(=O)O.CCCCCCCCCCCc1cc([O-])ccc1C(=O)[O-].[Ca+2]. The van der Waals surface area contributed by atoms with E-state index in [1.165, 1.54) is 120 Å². The van der Waals surface area contributed by atoms with E-state index in [2.05, 4.69) is 13.8 Å². The molecule has 0 radical (unpaired) electrons. The molecule has 2 aromatic rings. The van der Waals surface area contributed by atoms with E-state index < -0.39 is 11.9 Å². The van der Waals surface area contributed by atoms with Crippen LogP contribution < -0.4 is 10.2 Å². The summed E-state index contributed by atoms with van der Waals surface area (Å²) in [5.41, 5.74) is 1.83. The maximum absolute atomic E-state index is 11.3. The van der Waals surface area contributed by atoms with Crippen molar-refractivity contribution in [3.8, 4) is 11.5 Å². The molecule has 0 saturated carbocycles. The topological polar surface area (TPSA) is 121 Å². The average Bonchev–Trinajstić information content (AvgIpc) is 2.95. The van der Waals surface area contributed by atoms with E-state index >= 15 is 0 Å². The average molecular weight is 623 g/mol. The first kappa shape index (κ1) is 41.2. The number of carbonyl (C=O) groups is 2. The van der Waals surface area contributed by atoms with Crippen LogP contribution in [-0.4, -0.2) is 59.9 Å². The molecule has 236 valence electrons. The standard InChI is InChI=1S/2C18H28O3.Ca/c2*1-2-3-4-5-6-7-8-9-10-11-15-14-16(19)12-13-17(15)18(20)21;/h2*12-14,19H,2-11H2,1H3,(H,20,21);/q;;+2/p-2. The first-order chi connectivity index (χ1) is 20.3. The van der Waals surface area contributed by atoms with Gasteiger partial charge in [-0.05, 0) is 55.0 Å². The van der Waals surface area contributed by atoms with Crippen molar-refractivity contribution in [2.45, 2.75) is 142 Å². The summed E-state index contributed by atoms with van der Waals surface area (Å²) >= 11 is 0. The van der Waals surface area contributed by atoms with Gasteiger partial charge in [0.05, 0.1) is 11.5 Å². The molecule has 6 nitrogen and oxygen atoms in total. The Morgan fingerprint density at radius 3 is 1.42 bits per heavy atom. The molecule has 43 heavy (non-hydrogen) atoms. The Balaban J connectivity index is 0.000000802. The van der Waals surface area contributed by atoms with E-state index in [1.807, 2.05) is 0 Å². The number of hydrogen-bond donors (Lipinski definition) is 2. The number of aromatic carboxylic acids is 2. The van der Waals surface area contributed by atoms with Gasteiger partial charge in [-0.25, -0.2) is 4.79 Å². The van der Waals surface area contributed by atoms with Crippen molar-refractivity contribution in [1.82, 2.24) is 0 Å².